The number of nitrogens with zero attached hydrogens (tertiary/aromatic N) is 3. The molecule has 2 N–H and O–H groups in total. The van der Waals surface area contributed by atoms with Crippen molar-refractivity contribution >= 4 is 17.7 Å². The molecule has 2 heterocycles. The van der Waals surface area contributed by atoms with Gasteiger partial charge in [-0.2, -0.15) is 0 Å². The van der Waals surface area contributed by atoms with Crippen LogP contribution < -0.4 is 10.6 Å². The Balaban J connectivity index is 2.14. The van der Waals surface area contributed by atoms with Crippen molar-refractivity contribution in [3.05, 3.63) is 29.3 Å². The van der Waals surface area contributed by atoms with Gasteiger partial charge in [0.1, 0.15) is 11.5 Å². The van der Waals surface area contributed by atoms with E-state index in [1.165, 1.54) is 0 Å². The molecule has 106 valence electrons. The fourth-order valence-corrected chi connectivity index (χ4v) is 1.61. The van der Waals surface area contributed by atoms with Crippen LogP contribution in [0.25, 0.3) is 0 Å². The summed E-state index contributed by atoms with van der Waals surface area (Å²) in [6.07, 6.45) is 0.955. The number of nitrogens with one attached hydrogen (secondary N) is 2. The average Bonchev–Trinajstić information content (AvgIpc) is 2.81. The SMILES string of the molecule is CCCNc1nc(C)cc(C(=O)Nc2cc(C)on2)n1. The van der Waals surface area contributed by atoms with Crippen LogP contribution in [0.2, 0.25) is 0 Å². The molecule has 0 aliphatic heterocycles. The highest BCUT2D eigenvalue weighted by molar-refractivity contribution is 6.02. The Bertz CT molecular complexity index is 609. The number of amides is 1. The molecule has 7 nitrogen and oxygen atoms in total. The minimum Gasteiger partial charge on any atom is -0.360 e. The van der Waals surface area contributed by atoms with E-state index in [1.807, 2.05) is 13.8 Å². The van der Waals surface area contributed by atoms with E-state index in [1.54, 1.807) is 19.1 Å². The Morgan fingerprint density at radius 3 is 2.75 bits per heavy atom. The van der Waals surface area contributed by atoms with E-state index in [-0.39, 0.29) is 11.6 Å². The number of hydrogen-bond donors (Lipinski definition) is 2. The largest absolute Gasteiger partial charge is 0.360 e. The number of carbonyl (C=O) groups is 1. The molecule has 1 amide bonds. The molecule has 0 radical (unpaired) electrons. The van der Waals surface area contributed by atoms with Gasteiger partial charge in [-0.05, 0) is 26.3 Å². The summed E-state index contributed by atoms with van der Waals surface area (Å²) in [6.45, 7) is 6.37. The third kappa shape index (κ3) is 3.53. The molecule has 0 saturated heterocycles. The first-order valence-corrected chi connectivity index (χ1v) is 6.42. The third-order valence-corrected chi connectivity index (χ3v) is 2.49. The summed E-state index contributed by atoms with van der Waals surface area (Å²) < 4.78 is 4.89. The predicted molar refractivity (Wildman–Crippen MR) is 74.7 cm³/mol. The zero-order chi connectivity index (χ0) is 14.5. The van der Waals surface area contributed by atoms with Crippen LogP contribution in [0, 0.1) is 13.8 Å². The van der Waals surface area contributed by atoms with Crippen molar-refractivity contribution in [2.75, 3.05) is 17.2 Å². The standard InChI is InChI=1S/C13H17N5O2/c1-4-5-14-13-15-8(2)6-10(16-13)12(19)17-11-7-9(3)20-18-11/h6-7H,4-5H2,1-3H3,(H,14,15,16)(H,17,18,19). The first-order valence-electron chi connectivity index (χ1n) is 6.42. The van der Waals surface area contributed by atoms with Crippen molar-refractivity contribution in [1.82, 2.24) is 15.1 Å². The molecule has 0 aliphatic carbocycles. The lowest BCUT2D eigenvalue weighted by molar-refractivity contribution is 0.102. The Labute approximate surface area is 116 Å². The van der Waals surface area contributed by atoms with Gasteiger partial charge < -0.3 is 15.2 Å². The van der Waals surface area contributed by atoms with E-state index in [9.17, 15) is 4.79 Å². The van der Waals surface area contributed by atoms with Gasteiger partial charge in [-0.25, -0.2) is 9.97 Å². The van der Waals surface area contributed by atoms with Crippen LogP contribution in [0.1, 0.15) is 35.3 Å². The second kappa shape index (κ2) is 6.14. The number of hydrogen-bond acceptors (Lipinski definition) is 6. The van der Waals surface area contributed by atoms with Gasteiger partial charge in [-0.15, -0.1) is 0 Å². The van der Waals surface area contributed by atoms with Crippen molar-refractivity contribution in [2.45, 2.75) is 27.2 Å². The molecule has 0 aliphatic rings. The van der Waals surface area contributed by atoms with E-state index in [4.69, 9.17) is 4.52 Å². The fourth-order valence-electron chi connectivity index (χ4n) is 1.61. The Morgan fingerprint density at radius 2 is 2.10 bits per heavy atom. The lowest BCUT2D eigenvalue weighted by Gasteiger charge is -2.06. The molecule has 0 unspecified atom stereocenters. The molecule has 0 atom stereocenters. The quantitative estimate of drug-likeness (QED) is 0.868. The fraction of sp³-hybridized carbons (Fsp3) is 0.385. The Hall–Kier alpha value is -2.44. The van der Waals surface area contributed by atoms with Gasteiger partial charge in [-0.1, -0.05) is 12.1 Å². The van der Waals surface area contributed by atoms with Crippen molar-refractivity contribution in [1.29, 1.82) is 0 Å². The summed E-state index contributed by atoms with van der Waals surface area (Å²) in [5.74, 6) is 1.10. The van der Waals surface area contributed by atoms with E-state index >= 15 is 0 Å². The van der Waals surface area contributed by atoms with E-state index in [0.29, 0.717) is 17.5 Å². The summed E-state index contributed by atoms with van der Waals surface area (Å²) in [5.41, 5.74) is 1.01. The summed E-state index contributed by atoms with van der Waals surface area (Å²) in [4.78, 5) is 20.5. The molecule has 0 fully saturated rings. The summed E-state index contributed by atoms with van der Waals surface area (Å²) in [5, 5.41) is 9.40. The van der Waals surface area contributed by atoms with Crippen LogP contribution in [0.15, 0.2) is 16.7 Å². The molecule has 2 aromatic heterocycles. The van der Waals surface area contributed by atoms with E-state index < -0.39 is 0 Å². The molecule has 2 rings (SSSR count). The van der Waals surface area contributed by atoms with Crippen LogP contribution in [0.3, 0.4) is 0 Å². The number of aryl methyl sites for hydroxylation is 2. The van der Waals surface area contributed by atoms with Crippen molar-refractivity contribution in [3.63, 3.8) is 0 Å². The van der Waals surface area contributed by atoms with Gasteiger partial charge in [-0.3, -0.25) is 4.79 Å². The molecule has 20 heavy (non-hydrogen) atoms. The van der Waals surface area contributed by atoms with Gasteiger partial charge in [0.2, 0.25) is 5.95 Å². The topological polar surface area (TPSA) is 92.9 Å². The van der Waals surface area contributed by atoms with Crippen LogP contribution in [0.5, 0.6) is 0 Å². The molecule has 0 aromatic carbocycles. The van der Waals surface area contributed by atoms with Crippen molar-refractivity contribution in [2.24, 2.45) is 0 Å². The van der Waals surface area contributed by atoms with E-state index in [0.717, 1.165) is 18.7 Å². The van der Waals surface area contributed by atoms with Gasteiger partial charge in [0, 0.05) is 18.3 Å². The Morgan fingerprint density at radius 1 is 1.30 bits per heavy atom. The summed E-state index contributed by atoms with van der Waals surface area (Å²) in [7, 11) is 0. The maximum Gasteiger partial charge on any atom is 0.275 e. The highest BCUT2D eigenvalue weighted by atomic mass is 16.5. The predicted octanol–water partition coefficient (Wildman–Crippen LogP) is 2.16. The lowest BCUT2D eigenvalue weighted by Crippen LogP contribution is -2.16. The molecule has 2 aromatic rings. The summed E-state index contributed by atoms with van der Waals surface area (Å²) >= 11 is 0. The first kappa shape index (κ1) is 14.0. The van der Waals surface area contributed by atoms with Crippen LogP contribution in [-0.2, 0) is 0 Å². The van der Waals surface area contributed by atoms with Crippen LogP contribution in [0.4, 0.5) is 11.8 Å². The molecular formula is C13H17N5O2. The highest BCUT2D eigenvalue weighted by Crippen LogP contribution is 2.10. The zero-order valence-electron chi connectivity index (χ0n) is 11.7. The van der Waals surface area contributed by atoms with Gasteiger partial charge in [0.05, 0.1) is 0 Å². The molecule has 0 saturated carbocycles. The number of rotatable bonds is 5. The lowest BCUT2D eigenvalue weighted by atomic mass is 10.3. The second-order valence-corrected chi connectivity index (χ2v) is 4.42. The molecule has 7 heteroatoms. The van der Waals surface area contributed by atoms with Gasteiger partial charge >= 0.3 is 0 Å². The number of anilines is 2. The van der Waals surface area contributed by atoms with Crippen molar-refractivity contribution in [3.8, 4) is 0 Å². The zero-order valence-corrected chi connectivity index (χ0v) is 11.7. The van der Waals surface area contributed by atoms with Crippen molar-refractivity contribution < 1.29 is 9.32 Å². The van der Waals surface area contributed by atoms with Gasteiger partial charge in [0.15, 0.2) is 5.82 Å². The highest BCUT2D eigenvalue weighted by Gasteiger charge is 2.12. The number of carbonyl (C=O) groups excluding carboxylic acids is 1. The van der Waals surface area contributed by atoms with Crippen LogP contribution >= 0.6 is 0 Å². The average molecular weight is 275 g/mol. The monoisotopic (exact) mass is 275 g/mol. The maximum atomic E-state index is 12.1. The van der Waals surface area contributed by atoms with Crippen LogP contribution in [-0.4, -0.2) is 27.6 Å². The number of aromatic nitrogens is 3. The molecule has 0 spiro atoms. The smallest absolute Gasteiger partial charge is 0.275 e. The molecule has 0 bridgehead atoms. The van der Waals surface area contributed by atoms with Gasteiger partial charge in [0.25, 0.3) is 5.91 Å². The normalized spacial score (nSPS) is 10.3. The minimum atomic E-state index is -0.344. The molecular weight excluding hydrogens is 258 g/mol. The Kier molecular flexibility index (Phi) is 4.29. The summed E-state index contributed by atoms with van der Waals surface area (Å²) in [6, 6.07) is 3.27. The third-order valence-electron chi connectivity index (χ3n) is 2.49. The maximum absolute atomic E-state index is 12.1. The van der Waals surface area contributed by atoms with E-state index in [2.05, 4.69) is 25.8 Å². The second-order valence-electron chi connectivity index (χ2n) is 4.42. The first-order chi connectivity index (χ1) is 9.58. The minimum absolute atomic E-state index is 0.289.